The minimum Gasteiger partial charge on any atom is -0.373 e. The van der Waals surface area contributed by atoms with Gasteiger partial charge in [-0.1, -0.05) is 0 Å². The average molecular weight is 171 g/mol. The standard InChI is InChI=1S/C9H17NO2/c1-7(2)12-8-3-9(11-4-8)5-10-6-9/h7-8,10H,3-6H2,1-2H3. The van der Waals surface area contributed by atoms with Crippen LogP contribution in [0.3, 0.4) is 0 Å². The molecular formula is C9H17NO2. The van der Waals surface area contributed by atoms with Crippen molar-refractivity contribution in [3.63, 3.8) is 0 Å². The molecule has 0 amide bonds. The van der Waals surface area contributed by atoms with E-state index >= 15 is 0 Å². The molecule has 0 saturated carbocycles. The summed E-state index contributed by atoms with van der Waals surface area (Å²) in [6, 6.07) is 0. The van der Waals surface area contributed by atoms with Gasteiger partial charge in [0.2, 0.25) is 0 Å². The third-order valence-electron chi connectivity index (χ3n) is 2.53. The van der Waals surface area contributed by atoms with Gasteiger partial charge in [-0.25, -0.2) is 0 Å². The van der Waals surface area contributed by atoms with Gasteiger partial charge in [-0.3, -0.25) is 0 Å². The van der Waals surface area contributed by atoms with Gasteiger partial charge in [-0.2, -0.15) is 0 Å². The van der Waals surface area contributed by atoms with Crippen LogP contribution in [0, 0.1) is 0 Å². The molecule has 0 aromatic rings. The Morgan fingerprint density at radius 3 is 2.67 bits per heavy atom. The quantitative estimate of drug-likeness (QED) is 0.658. The third kappa shape index (κ3) is 1.49. The summed E-state index contributed by atoms with van der Waals surface area (Å²) >= 11 is 0. The molecule has 12 heavy (non-hydrogen) atoms. The van der Waals surface area contributed by atoms with E-state index in [4.69, 9.17) is 9.47 Å². The van der Waals surface area contributed by atoms with E-state index in [0.29, 0.717) is 12.2 Å². The highest BCUT2D eigenvalue weighted by molar-refractivity contribution is 5.00. The molecule has 2 fully saturated rings. The molecule has 70 valence electrons. The van der Waals surface area contributed by atoms with Gasteiger partial charge in [0.1, 0.15) is 0 Å². The lowest BCUT2D eigenvalue weighted by molar-refractivity contribution is -0.0405. The van der Waals surface area contributed by atoms with Gasteiger partial charge in [0.15, 0.2) is 0 Å². The zero-order chi connectivity index (χ0) is 8.60. The summed E-state index contributed by atoms with van der Waals surface area (Å²) < 4.78 is 11.4. The Balaban J connectivity index is 1.81. The minimum atomic E-state index is 0.138. The van der Waals surface area contributed by atoms with Crippen LogP contribution >= 0.6 is 0 Å². The van der Waals surface area contributed by atoms with Crippen molar-refractivity contribution in [2.75, 3.05) is 19.7 Å². The van der Waals surface area contributed by atoms with Crippen LogP contribution in [0.5, 0.6) is 0 Å². The van der Waals surface area contributed by atoms with Gasteiger partial charge in [0.25, 0.3) is 0 Å². The second-order valence-electron chi connectivity index (χ2n) is 4.11. The van der Waals surface area contributed by atoms with E-state index in [1.54, 1.807) is 0 Å². The maximum absolute atomic E-state index is 5.70. The Hall–Kier alpha value is -0.120. The molecule has 1 spiro atoms. The average Bonchev–Trinajstić information content (AvgIpc) is 2.29. The van der Waals surface area contributed by atoms with E-state index in [1.165, 1.54) is 0 Å². The number of nitrogens with one attached hydrogen (secondary N) is 1. The van der Waals surface area contributed by atoms with E-state index in [2.05, 4.69) is 19.2 Å². The second kappa shape index (κ2) is 2.98. The van der Waals surface area contributed by atoms with Crippen molar-refractivity contribution in [2.24, 2.45) is 0 Å². The molecule has 1 unspecified atom stereocenters. The molecule has 0 aliphatic carbocycles. The minimum absolute atomic E-state index is 0.138. The first-order chi connectivity index (χ1) is 5.70. The van der Waals surface area contributed by atoms with Crippen molar-refractivity contribution in [1.29, 1.82) is 0 Å². The molecule has 2 saturated heterocycles. The topological polar surface area (TPSA) is 30.5 Å². The SMILES string of the molecule is CC(C)OC1COC2(CNC2)C1. The van der Waals surface area contributed by atoms with Crippen LogP contribution in [0.4, 0.5) is 0 Å². The van der Waals surface area contributed by atoms with Crippen LogP contribution in [0.15, 0.2) is 0 Å². The van der Waals surface area contributed by atoms with E-state index in [9.17, 15) is 0 Å². The predicted octanol–water partition coefficient (Wildman–Crippen LogP) is 0.542. The molecule has 1 atom stereocenters. The number of ether oxygens (including phenoxy) is 2. The van der Waals surface area contributed by atoms with E-state index in [1.807, 2.05) is 0 Å². The molecule has 0 aromatic carbocycles. The summed E-state index contributed by atoms with van der Waals surface area (Å²) in [5.74, 6) is 0. The molecule has 2 aliphatic rings. The fraction of sp³-hybridized carbons (Fsp3) is 1.00. The lowest BCUT2D eigenvalue weighted by atomic mass is 9.93. The predicted molar refractivity (Wildman–Crippen MR) is 46.2 cm³/mol. The first-order valence-corrected chi connectivity index (χ1v) is 4.70. The summed E-state index contributed by atoms with van der Waals surface area (Å²) in [6.07, 6.45) is 1.71. The Bertz CT molecular complexity index is 166. The molecule has 2 heterocycles. The first-order valence-electron chi connectivity index (χ1n) is 4.70. The van der Waals surface area contributed by atoms with E-state index in [-0.39, 0.29) is 5.60 Å². The van der Waals surface area contributed by atoms with Crippen molar-refractivity contribution in [2.45, 2.75) is 38.1 Å². The summed E-state index contributed by atoms with van der Waals surface area (Å²) in [5.41, 5.74) is 0.138. The molecule has 2 aliphatic heterocycles. The number of rotatable bonds is 2. The van der Waals surface area contributed by atoms with Crippen LogP contribution < -0.4 is 5.32 Å². The molecule has 3 heteroatoms. The highest BCUT2D eigenvalue weighted by atomic mass is 16.6. The van der Waals surface area contributed by atoms with Gasteiger partial charge < -0.3 is 14.8 Å². The number of hydrogen-bond donors (Lipinski definition) is 1. The van der Waals surface area contributed by atoms with Crippen molar-refractivity contribution >= 4 is 0 Å². The fourth-order valence-electron chi connectivity index (χ4n) is 1.93. The lowest BCUT2D eigenvalue weighted by Crippen LogP contribution is -2.59. The Labute approximate surface area is 73.4 Å². The molecule has 2 rings (SSSR count). The van der Waals surface area contributed by atoms with Gasteiger partial charge in [0.05, 0.1) is 24.4 Å². The Morgan fingerprint density at radius 2 is 2.25 bits per heavy atom. The molecular weight excluding hydrogens is 154 g/mol. The molecule has 0 bridgehead atoms. The fourth-order valence-corrected chi connectivity index (χ4v) is 1.93. The molecule has 3 nitrogen and oxygen atoms in total. The zero-order valence-electron chi connectivity index (χ0n) is 7.80. The maximum Gasteiger partial charge on any atom is 0.0956 e. The maximum atomic E-state index is 5.70. The van der Waals surface area contributed by atoms with Crippen molar-refractivity contribution in [1.82, 2.24) is 5.32 Å². The van der Waals surface area contributed by atoms with E-state index in [0.717, 1.165) is 26.1 Å². The second-order valence-corrected chi connectivity index (χ2v) is 4.11. The lowest BCUT2D eigenvalue weighted by Gasteiger charge is -2.38. The van der Waals surface area contributed by atoms with Crippen LogP contribution in [-0.2, 0) is 9.47 Å². The van der Waals surface area contributed by atoms with Gasteiger partial charge in [0, 0.05) is 19.5 Å². The van der Waals surface area contributed by atoms with Crippen molar-refractivity contribution < 1.29 is 9.47 Å². The molecule has 0 aromatic heterocycles. The van der Waals surface area contributed by atoms with Gasteiger partial charge in [-0.15, -0.1) is 0 Å². The van der Waals surface area contributed by atoms with Gasteiger partial charge >= 0.3 is 0 Å². The summed E-state index contributed by atoms with van der Waals surface area (Å²) in [4.78, 5) is 0. The van der Waals surface area contributed by atoms with Crippen molar-refractivity contribution in [3.05, 3.63) is 0 Å². The molecule has 0 radical (unpaired) electrons. The Kier molecular flexibility index (Phi) is 2.10. The van der Waals surface area contributed by atoms with Crippen LogP contribution in [0.2, 0.25) is 0 Å². The van der Waals surface area contributed by atoms with Crippen LogP contribution in [0.25, 0.3) is 0 Å². The van der Waals surface area contributed by atoms with E-state index < -0.39 is 0 Å². The monoisotopic (exact) mass is 171 g/mol. The summed E-state index contributed by atoms with van der Waals surface area (Å²) in [5, 5.41) is 3.24. The summed E-state index contributed by atoms with van der Waals surface area (Å²) in [6.45, 7) is 6.93. The zero-order valence-corrected chi connectivity index (χ0v) is 7.80. The Morgan fingerprint density at radius 1 is 1.50 bits per heavy atom. The van der Waals surface area contributed by atoms with Crippen molar-refractivity contribution in [3.8, 4) is 0 Å². The third-order valence-corrected chi connectivity index (χ3v) is 2.53. The van der Waals surface area contributed by atoms with Crippen LogP contribution in [0.1, 0.15) is 20.3 Å². The van der Waals surface area contributed by atoms with Gasteiger partial charge in [-0.05, 0) is 13.8 Å². The smallest absolute Gasteiger partial charge is 0.0956 e. The highest BCUT2D eigenvalue weighted by Crippen LogP contribution is 2.31. The highest BCUT2D eigenvalue weighted by Gasteiger charge is 2.45. The molecule has 1 N–H and O–H groups in total. The summed E-state index contributed by atoms with van der Waals surface area (Å²) in [7, 11) is 0. The first kappa shape index (κ1) is 8.48. The van der Waals surface area contributed by atoms with Crippen LogP contribution in [-0.4, -0.2) is 37.5 Å². The normalized spacial score (nSPS) is 32.8. The number of hydrogen-bond acceptors (Lipinski definition) is 3. The largest absolute Gasteiger partial charge is 0.373 e.